The molecule has 1 aliphatic heterocycles. The lowest BCUT2D eigenvalue weighted by Crippen LogP contribution is -2.36. The van der Waals surface area contributed by atoms with Crippen molar-refractivity contribution in [1.29, 1.82) is 0 Å². The highest BCUT2D eigenvalue weighted by Crippen LogP contribution is 2.14. The first-order valence-corrected chi connectivity index (χ1v) is 5.66. The number of hydrogen-bond acceptors (Lipinski definition) is 3. The molecule has 1 amide bonds. The van der Waals surface area contributed by atoms with E-state index in [4.69, 9.17) is 12.2 Å². The van der Waals surface area contributed by atoms with E-state index < -0.39 is 5.91 Å². The predicted octanol–water partition coefficient (Wildman–Crippen LogP) is 1.97. The molecular formula is C12H12N2O2S. The number of rotatable bonds is 2. The molecule has 2 rings (SSSR count). The second-order valence-corrected chi connectivity index (χ2v) is 4.06. The van der Waals surface area contributed by atoms with E-state index in [1.54, 1.807) is 6.08 Å². The van der Waals surface area contributed by atoms with Crippen LogP contribution in [-0.2, 0) is 4.79 Å². The van der Waals surface area contributed by atoms with Crippen molar-refractivity contribution in [2.24, 2.45) is 0 Å². The van der Waals surface area contributed by atoms with Crippen molar-refractivity contribution in [3.8, 4) is 0 Å². The summed E-state index contributed by atoms with van der Waals surface area (Å²) in [6, 6.07) is 9.36. The summed E-state index contributed by atoms with van der Waals surface area (Å²) in [5.41, 5.74) is 1.17. The van der Waals surface area contributed by atoms with Crippen LogP contribution in [0.1, 0.15) is 6.42 Å². The summed E-state index contributed by atoms with van der Waals surface area (Å²) in [4.78, 5) is 12.0. The van der Waals surface area contributed by atoms with Crippen molar-refractivity contribution in [2.45, 2.75) is 6.42 Å². The minimum Gasteiger partial charge on any atom is -0.346 e. The Hall–Kier alpha value is -1.72. The number of hydrogen-bond donors (Lipinski definition) is 2. The molecule has 4 nitrogen and oxygen atoms in total. The van der Waals surface area contributed by atoms with Gasteiger partial charge in [0.05, 0.1) is 12.1 Å². The smallest absolute Gasteiger partial charge is 0.279 e. The van der Waals surface area contributed by atoms with Gasteiger partial charge in [0.25, 0.3) is 5.91 Å². The maximum Gasteiger partial charge on any atom is 0.279 e. The average Bonchev–Trinajstić information content (AvgIpc) is 2.34. The molecule has 0 aliphatic carbocycles. The summed E-state index contributed by atoms with van der Waals surface area (Å²) in [5, 5.41) is 13.0. The molecule has 0 spiro atoms. The number of anilines is 1. The quantitative estimate of drug-likeness (QED) is 0.620. The molecule has 0 saturated carbocycles. The van der Waals surface area contributed by atoms with Gasteiger partial charge in [-0.3, -0.25) is 10.0 Å². The van der Waals surface area contributed by atoms with E-state index >= 15 is 0 Å². The lowest BCUT2D eigenvalue weighted by atomic mass is 10.1. The van der Waals surface area contributed by atoms with Crippen LogP contribution < -0.4 is 5.32 Å². The van der Waals surface area contributed by atoms with Crippen LogP contribution in [-0.4, -0.2) is 27.7 Å². The monoisotopic (exact) mass is 248 g/mol. The third kappa shape index (κ3) is 2.69. The van der Waals surface area contributed by atoms with Gasteiger partial charge in [-0.25, -0.2) is 5.06 Å². The Morgan fingerprint density at radius 1 is 1.35 bits per heavy atom. The molecule has 1 aromatic rings. The zero-order chi connectivity index (χ0) is 12.3. The number of carbonyl (C=O) groups excluding carboxylic acids is 1. The van der Waals surface area contributed by atoms with Crippen LogP contribution in [0, 0.1) is 0 Å². The highest BCUT2D eigenvalue weighted by molar-refractivity contribution is 7.81. The van der Waals surface area contributed by atoms with E-state index in [-0.39, 0.29) is 0 Å². The lowest BCUT2D eigenvalue weighted by Gasteiger charge is -2.21. The van der Waals surface area contributed by atoms with Gasteiger partial charge in [-0.2, -0.15) is 0 Å². The van der Waals surface area contributed by atoms with Crippen LogP contribution >= 0.6 is 12.2 Å². The van der Waals surface area contributed by atoms with Crippen LogP contribution in [0.5, 0.6) is 0 Å². The van der Waals surface area contributed by atoms with E-state index in [0.29, 0.717) is 28.6 Å². The number of amides is 1. The number of hydroxylamine groups is 2. The third-order valence-corrected chi connectivity index (χ3v) is 2.75. The van der Waals surface area contributed by atoms with Crippen molar-refractivity contribution < 1.29 is 10.0 Å². The van der Waals surface area contributed by atoms with Gasteiger partial charge in [0.2, 0.25) is 0 Å². The highest BCUT2D eigenvalue weighted by atomic mass is 32.1. The Bertz CT molecular complexity index is 471. The maximum atomic E-state index is 11.6. The molecule has 0 fully saturated rings. The Morgan fingerprint density at radius 3 is 2.76 bits per heavy atom. The van der Waals surface area contributed by atoms with Gasteiger partial charge in [0.15, 0.2) is 0 Å². The lowest BCUT2D eigenvalue weighted by molar-refractivity contribution is -0.160. The topological polar surface area (TPSA) is 52.6 Å². The fraction of sp³-hybridized carbons (Fsp3) is 0.167. The first-order chi connectivity index (χ1) is 8.18. The van der Waals surface area contributed by atoms with Crippen molar-refractivity contribution >= 4 is 28.8 Å². The SMILES string of the molecule is O=C1C(C(=S)Nc2ccccc2)=CCCN1O. The van der Waals surface area contributed by atoms with Gasteiger partial charge in [0.1, 0.15) is 4.99 Å². The highest BCUT2D eigenvalue weighted by Gasteiger charge is 2.23. The zero-order valence-electron chi connectivity index (χ0n) is 9.09. The molecule has 17 heavy (non-hydrogen) atoms. The number of para-hydroxylation sites is 1. The number of benzene rings is 1. The number of carbonyl (C=O) groups is 1. The van der Waals surface area contributed by atoms with E-state index in [2.05, 4.69) is 5.32 Å². The van der Waals surface area contributed by atoms with Crippen LogP contribution in [0.25, 0.3) is 0 Å². The van der Waals surface area contributed by atoms with Gasteiger partial charge >= 0.3 is 0 Å². The minimum atomic E-state index is -0.454. The second-order valence-electron chi connectivity index (χ2n) is 3.65. The fourth-order valence-electron chi connectivity index (χ4n) is 1.57. The number of nitrogens with zero attached hydrogens (tertiary/aromatic N) is 1. The van der Waals surface area contributed by atoms with Gasteiger partial charge < -0.3 is 5.32 Å². The molecule has 5 heteroatoms. The third-order valence-electron chi connectivity index (χ3n) is 2.43. The standard InChI is InChI=1S/C12H12N2O2S/c15-12-10(7-4-8-14(12)16)11(17)13-9-5-2-1-3-6-9/h1-3,5-7,16H,4,8H2,(H,13,17). The summed E-state index contributed by atoms with van der Waals surface area (Å²) in [7, 11) is 0. The zero-order valence-corrected chi connectivity index (χ0v) is 9.91. The minimum absolute atomic E-state index is 0.316. The van der Waals surface area contributed by atoms with Gasteiger partial charge in [-0.15, -0.1) is 0 Å². The van der Waals surface area contributed by atoms with Crippen molar-refractivity contribution in [3.05, 3.63) is 42.0 Å². The average molecular weight is 248 g/mol. The van der Waals surface area contributed by atoms with Crippen molar-refractivity contribution in [2.75, 3.05) is 11.9 Å². The summed E-state index contributed by atoms with van der Waals surface area (Å²) >= 11 is 5.15. The Labute approximate surface area is 105 Å². The Kier molecular flexibility index (Phi) is 3.51. The van der Waals surface area contributed by atoms with Gasteiger partial charge in [-0.1, -0.05) is 36.5 Å². The van der Waals surface area contributed by atoms with Crippen molar-refractivity contribution in [1.82, 2.24) is 5.06 Å². The van der Waals surface area contributed by atoms with Gasteiger partial charge in [0, 0.05) is 5.69 Å². The molecule has 1 aliphatic rings. The molecule has 0 saturated heterocycles. The maximum absolute atomic E-state index is 11.6. The van der Waals surface area contributed by atoms with E-state index in [0.717, 1.165) is 5.69 Å². The molecule has 0 unspecified atom stereocenters. The first-order valence-electron chi connectivity index (χ1n) is 5.26. The first kappa shape index (κ1) is 11.8. The fourth-order valence-corrected chi connectivity index (χ4v) is 1.86. The molecule has 1 aromatic carbocycles. The molecule has 0 radical (unpaired) electrons. The van der Waals surface area contributed by atoms with Crippen molar-refractivity contribution in [3.63, 3.8) is 0 Å². The predicted molar refractivity (Wildman–Crippen MR) is 68.9 cm³/mol. The molecule has 1 heterocycles. The number of thiocarbonyl (C=S) groups is 1. The van der Waals surface area contributed by atoms with E-state index in [9.17, 15) is 10.0 Å². The molecule has 0 atom stereocenters. The molecule has 2 N–H and O–H groups in total. The Morgan fingerprint density at radius 2 is 2.06 bits per heavy atom. The summed E-state index contributed by atoms with van der Waals surface area (Å²) < 4.78 is 0. The summed E-state index contributed by atoms with van der Waals surface area (Å²) in [6.45, 7) is 0.316. The summed E-state index contributed by atoms with van der Waals surface area (Å²) in [5.74, 6) is -0.454. The molecular weight excluding hydrogens is 236 g/mol. The normalized spacial score (nSPS) is 15.5. The van der Waals surface area contributed by atoms with Crippen LogP contribution in [0.2, 0.25) is 0 Å². The summed E-state index contributed by atoms with van der Waals surface area (Å²) in [6.07, 6.45) is 2.35. The van der Waals surface area contributed by atoms with Crippen LogP contribution in [0.4, 0.5) is 5.69 Å². The van der Waals surface area contributed by atoms with E-state index in [1.807, 2.05) is 30.3 Å². The van der Waals surface area contributed by atoms with Gasteiger partial charge in [-0.05, 0) is 18.6 Å². The van der Waals surface area contributed by atoms with Crippen LogP contribution in [0.3, 0.4) is 0 Å². The second kappa shape index (κ2) is 5.07. The molecule has 88 valence electrons. The van der Waals surface area contributed by atoms with E-state index in [1.165, 1.54) is 0 Å². The van der Waals surface area contributed by atoms with Crippen LogP contribution in [0.15, 0.2) is 42.0 Å². The largest absolute Gasteiger partial charge is 0.346 e. The number of nitrogens with one attached hydrogen (secondary N) is 1. The molecule has 0 aromatic heterocycles. The molecule has 0 bridgehead atoms. The Balaban J connectivity index is 2.11.